The fourth-order valence-electron chi connectivity index (χ4n) is 2.34. The van der Waals surface area contributed by atoms with Gasteiger partial charge in [-0.25, -0.2) is 0 Å². The number of likely N-dealkylation sites (N-methyl/N-ethyl adjacent to an activating group) is 1. The Hall–Kier alpha value is -0.900. The van der Waals surface area contributed by atoms with Crippen molar-refractivity contribution in [1.29, 1.82) is 0 Å². The molecule has 0 radical (unpaired) electrons. The molecular weight excluding hydrogens is 180 g/mol. The largest absolute Gasteiger partial charge is 0.318 e. The Morgan fingerprint density at radius 1 is 1.36 bits per heavy atom. The molecule has 4 heteroatoms. The minimum absolute atomic E-state index is 0.00870. The van der Waals surface area contributed by atoms with Crippen LogP contribution in [0.3, 0.4) is 0 Å². The molecule has 1 atom stereocenters. The summed E-state index contributed by atoms with van der Waals surface area (Å²) in [7, 11) is 1.83. The average Bonchev–Trinajstić information content (AvgIpc) is 2.00. The summed E-state index contributed by atoms with van der Waals surface area (Å²) in [5.74, 6) is 0.356. The van der Waals surface area contributed by atoms with Crippen molar-refractivity contribution in [2.45, 2.75) is 25.8 Å². The topological polar surface area (TPSA) is 49.4 Å². The van der Waals surface area contributed by atoms with Gasteiger partial charge in [-0.1, -0.05) is 0 Å². The maximum atomic E-state index is 11.8. The standard InChI is InChI=1S/C10H16N2O2/c1-6(5-11-2)12-9(13)7-3-8(4-7)10(12)14/h6-8,11H,3-5H2,1-2H3. The van der Waals surface area contributed by atoms with Crippen LogP contribution < -0.4 is 5.32 Å². The van der Waals surface area contributed by atoms with Crippen molar-refractivity contribution in [3.8, 4) is 0 Å². The highest BCUT2D eigenvalue weighted by molar-refractivity contribution is 6.03. The molecule has 2 heterocycles. The molecule has 0 aromatic carbocycles. The number of nitrogens with zero attached hydrogens (tertiary/aromatic N) is 1. The normalized spacial score (nSPS) is 32.9. The van der Waals surface area contributed by atoms with Gasteiger partial charge in [-0.05, 0) is 26.8 Å². The van der Waals surface area contributed by atoms with Gasteiger partial charge in [0.15, 0.2) is 0 Å². The van der Waals surface area contributed by atoms with Crippen LogP contribution in [-0.2, 0) is 9.59 Å². The number of carbonyl (C=O) groups excluding carboxylic acids is 2. The number of imide groups is 1. The smallest absolute Gasteiger partial charge is 0.232 e. The van der Waals surface area contributed by atoms with Crippen LogP contribution in [0, 0.1) is 11.8 Å². The molecule has 2 aliphatic heterocycles. The monoisotopic (exact) mass is 196 g/mol. The second kappa shape index (κ2) is 3.35. The third-order valence-corrected chi connectivity index (χ3v) is 3.25. The van der Waals surface area contributed by atoms with Gasteiger partial charge in [0.25, 0.3) is 0 Å². The third kappa shape index (κ3) is 1.25. The summed E-state index contributed by atoms with van der Waals surface area (Å²) >= 11 is 0. The lowest BCUT2D eigenvalue weighted by Gasteiger charge is -2.46. The first-order valence-corrected chi connectivity index (χ1v) is 5.16. The van der Waals surface area contributed by atoms with E-state index in [0.717, 1.165) is 12.8 Å². The fourth-order valence-corrected chi connectivity index (χ4v) is 2.34. The Morgan fingerprint density at radius 2 is 1.86 bits per heavy atom. The van der Waals surface area contributed by atoms with Gasteiger partial charge in [0.1, 0.15) is 0 Å². The lowest BCUT2D eigenvalue weighted by Crippen LogP contribution is -2.60. The van der Waals surface area contributed by atoms with E-state index in [-0.39, 0.29) is 29.7 Å². The Morgan fingerprint density at radius 3 is 2.29 bits per heavy atom. The van der Waals surface area contributed by atoms with E-state index in [4.69, 9.17) is 0 Å². The van der Waals surface area contributed by atoms with Crippen LogP contribution in [-0.4, -0.2) is 36.3 Å². The molecule has 1 N–H and O–H groups in total. The Balaban J connectivity index is 2.10. The first kappa shape index (κ1) is 9.65. The van der Waals surface area contributed by atoms with Gasteiger partial charge in [0.05, 0.1) is 0 Å². The van der Waals surface area contributed by atoms with E-state index < -0.39 is 0 Å². The molecule has 2 bridgehead atoms. The zero-order valence-corrected chi connectivity index (χ0v) is 8.62. The summed E-state index contributed by atoms with van der Waals surface area (Å²) < 4.78 is 0. The highest BCUT2D eigenvalue weighted by Crippen LogP contribution is 2.41. The van der Waals surface area contributed by atoms with E-state index in [2.05, 4.69) is 5.32 Å². The zero-order chi connectivity index (χ0) is 10.3. The number of amides is 2. The SMILES string of the molecule is CNCC(C)N1C(=O)C2CC(C2)C1=O. The molecule has 3 fully saturated rings. The maximum absolute atomic E-state index is 11.8. The molecular formula is C10H16N2O2. The van der Waals surface area contributed by atoms with Crippen molar-refractivity contribution in [3.05, 3.63) is 0 Å². The Labute approximate surface area is 83.6 Å². The van der Waals surface area contributed by atoms with E-state index >= 15 is 0 Å². The molecule has 0 spiro atoms. The average molecular weight is 196 g/mol. The third-order valence-electron chi connectivity index (χ3n) is 3.25. The van der Waals surface area contributed by atoms with Crippen LogP contribution in [0.15, 0.2) is 0 Å². The van der Waals surface area contributed by atoms with Gasteiger partial charge < -0.3 is 5.32 Å². The van der Waals surface area contributed by atoms with E-state index in [9.17, 15) is 9.59 Å². The number of piperidine rings is 2. The van der Waals surface area contributed by atoms with Crippen LogP contribution in [0.2, 0.25) is 0 Å². The van der Waals surface area contributed by atoms with Crippen LogP contribution in [0.1, 0.15) is 19.8 Å². The number of carbonyl (C=O) groups is 2. The fraction of sp³-hybridized carbons (Fsp3) is 0.800. The lowest BCUT2D eigenvalue weighted by atomic mass is 9.69. The summed E-state index contributed by atoms with van der Waals surface area (Å²) in [5, 5.41) is 2.99. The van der Waals surface area contributed by atoms with Crippen molar-refractivity contribution in [3.63, 3.8) is 0 Å². The van der Waals surface area contributed by atoms with Crippen LogP contribution in [0.5, 0.6) is 0 Å². The van der Waals surface area contributed by atoms with Crippen molar-refractivity contribution < 1.29 is 9.59 Å². The molecule has 2 saturated heterocycles. The number of nitrogens with one attached hydrogen (secondary N) is 1. The van der Waals surface area contributed by atoms with Gasteiger partial charge in [-0.2, -0.15) is 0 Å². The molecule has 3 rings (SSSR count). The number of hydrogen-bond acceptors (Lipinski definition) is 3. The summed E-state index contributed by atoms with van der Waals surface area (Å²) in [6, 6.07) is -0.00870. The van der Waals surface area contributed by atoms with Gasteiger partial charge in [-0.3, -0.25) is 14.5 Å². The molecule has 0 aromatic rings. The van der Waals surface area contributed by atoms with Crippen molar-refractivity contribution in [1.82, 2.24) is 10.2 Å². The lowest BCUT2D eigenvalue weighted by molar-refractivity contribution is -0.167. The maximum Gasteiger partial charge on any atom is 0.232 e. The minimum atomic E-state index is -0.00870. The summed E-state index contributed by atoms with van der Waals surface area (Å²) in [6.45, 7) is 2.59. The Kier molecular flexibility index (Phi) is 2.31. The van der Waals surface area contributed by atoms with Gasteiger partial charge in [-0.15, -0.1) is 0 Å². The summed E-state index contributed by atoms with van der Waals surface area (Å²) in [6.07, 6.45) is 1.58. The Bertz CT molecular complexity index is 251. The van der Waals surface area contributed by atoms with Gasteiger partial charge in [0, 0.05) is 24.4 Å². The molecule has 0 aromatic heterocycles. The van der Waals surface area contributed by atoms with E-state index in [1.54, 1.807) is 0 Å². The number of hydrogen-bond donors (Lipinski definition) is 1. The second-order valence-corrected chi connectivity index (χ2v) is 4.32. The summed E-state index contributed by atoms with van der Waals surface area (Å²) in [5.41, 5.74) is 0. The summed E-state index contributed by atoms with van der Waals surface area (Å²) in [4.78, 5) is 25.0. The van der Waals surface area contributed by atoms with Crippen molar-refractivity contribution in [2.75, 3.05) is 13.6 Å². The molecule has 14 heavy (non-hydrogen) atoms. The first-order valence-electron chi connectivity index (χ1n) is 5.16. The predicted octanol–water partition coefficient (Wildman–Crippen LogP) is -0.0107. The van der Waals surface area contributed by atoms with E-state index in [1.807, 2.05) is 14.0 Å². The molecule has 2 amide bonds. The molecule has 3 aliphatic rings. The van der Waals surface area contributed by atoms with Crippen LogP contribution >= 0.6 is 0 Å². The zero-order valence-electron chi connectivity index (χ0n) is 8.62. The predicted molar refractivity (Wildman–Crippen MR) is 51.5 cm³/mol. The number of rotatable bonds is 3. The van der Waals surface area contributed by atoms with Gasteiger partial charge in [0.2, 0.25) is 11.8 Å². The highest BCUT2D eigenvalue weighted by atomic mass is 16.2. The first-order chi connectivity index (χ1) is 6.65. The van der Waals surface area contributed by atoms with E-state index in [0.29, 0.717) is 6.54 Å². The number of fused-ring (bicyclic) bond motifs is 2. The van der Waals surface area contributed by atoms with Crippen LogP contribution in [0.25, 0.3) is 0 Å². The molecule has 4 nitrogen and oxygen atoms in total. The van der Waals surface area contributed by atoms with Crippen molar-refractivity contribution in [2.24, 2.45) is 11.8 Å². The van der Waals surface area contributed by atoms with E-state index in [1.165, 1.54) is 4.90 Å². The second-order valence-electron chi connectivity index (χ2n) is 4.32. The quantitative estimate of drug-likeness (QED) is 0.646. The van der Waals surface area contributed by atoms with Gasteiger partial charge >= 0.3 is 0 Å². The molecule has 1 unspecified atom stereocenters. The molecule has 1 aliphatic carbocycles. The minimum Gasteiger partial charge on any atom is -0.318 e. The highest BCUT2D eigenvalue weighted by Gasteiger charge is 2.50. The van der Waals surface area contributed by atoms with Crippen LogP contribution in [0.4, 0.5) is 0 Å². The van der Waals surface area contributed by atoms with Crippen molar-refractivity contribution >= 4 is 11.8 Å². The molecule has 78 valence electrons. The molecule has 1 saturated carbocycles.